The highest BCUT2D eigenvalue weighted by molar-refractivity contribution is 5.81. The fraction of sp³-hybridized carbons (Fsp3) is 0.600. The van der Waals surface area contributed by atoms with Crippen LogP contribution in [0.15, 0.2) is 73.6 Å². The molecular weight excluding hydrogens is 1410 g/mol. The van der Waals surface area contributed by atoms with Gasteiger partial charge in [-0.15, -0.1) is 0 Å². The highest BCUT2D eigenvalue weighted by Crippen LogP contribution is 2.36. The maximum atomic E-state index is 6.04. The molecule has 0 bridgehead atoms. The fourth-order valence-corrected chi connectivity index (χ4v) is 18.6. The molecule has 12 aromatic heterocycles. The van der Waals surface area contributed by atoms with Gasteiger partial charge < -0.3 is 49.3 Å². The molecule has 606 valence electrons. The van der Waals surface area contributed by atoms with Gasteiger partial charge in [-0.3, -0.25) is 34.5 Å². The van der Waals surface area contributed by atoms with Gasteiger partial charge in [0.05, 0.1) is 76.9 Å². The van der Waals surface area contributed by atoms with E-state index >= 15 is 0 Å². The molecule has 0 radical (unpaired) electrons. The molecule has 0 amide bonds. The van der Waals surface area contributed by atoms with Crippen LogP contribution in [0.5, 0.6) is 6.01 Å². The van der Waals surface area contributed by atoms with Crippen molar-refractivity contribution in [2.24, 2.45) is 35.5 Å². The number of anilines is 4. The number of aromatic nitrogens is 18. The molecule has 6 aliphatic rings. The zero-order chi connectivity index (χ0) is 78.7. The van der Waals surface area contributed by atoms with E-state index in [0.29, 0.717) is 12.6 Å². The van der Waals surface area contributed by atoms with E-state index in [1.807, 2.05) is 107 Å². The Bertz CT molecular complexity index is 4650. The van der Waals surface area contributed by atoms with Gasteiger partial charge in [0, 0.05) is 94.6 Å². The Balaban J connectivity index is 0.000000119. The smallest absolute Gasteiger partial charge is 0.297 e. The first kappa shape index (κ1) is 81.7. The minimum Gasteiger partial charge on any atom is -0.465 e. The van der Waals surface area contributed by atoms with Crippen LogP contribution in [0.1, 0.15) is 240 Å². The third kappa shape index (κ3) is 21.2. The van der Waals surface area contributed by atoms with E-state index in [4.69, 9.17) is 10.5 Å². The molecule has 18 rings (SSSR count). The van der Waals surface area contributed by atoms with Crippen LogP contribution >= 0.6 is 0 Å². The third-order valence-corrected chi connectivity index (χ3v) is 24.8. The van der Waals surface area contributed by atoms with E-state index in [1.54, 1.807) is 0 Å². The summed E-state index contributed by atoms with van der Waals surface area (Å²) in [6.07, 6.45) is 52.3. The molecule has 0 unspecified atom stereocenters. The maximum Gasteiger partial charge on any atom is 0.297 e. The second-order valence-electron chi connectivity index (χ2n) is 33.6. The van der Waals surface area contributed by atoms with Gasteiger partial charge in [0.2, 0.25) is 23.8 Å². The highest BCUT2D eigenvalue weighted by atomic mass is 16.5. The molecule has 23 heteroatoms. The van der Waals surface area contributed by atoms with Crippen LogP contribution in [-0.4, -0.2) is 115 Å². The van der Waals surface area contributed by atoms with Crippen LogP contribution in [0.25, 0.3) is 66.2 Å². The molecule has 0 saturated heterocycles. The number of nitrogens with two attached hydrogens (primary N) is 1. The van der Waals surface area contributed by atoms with Crippen molar-refractivity contribution in [3.63, 3.8) is 0 Å². The van der Waals surface area contributed by atoms with Crippen molar-refractivity contribution in [2.45, 2.75) is 287 Å². The minimum absolute atomic E-state index is 0.628. The zero-order valence-corrected chi connectivity index (χ0v) is 70.1. The van der Waals surface area contributed by atoms with Crippen molar-refractivity contribution >= 4 is 90.0 Å². The van der Waals surface area contributed by atoms with E-state index in [0.717, 1.165) is 183 Å². The van der Waals surface area contributed by atoms with Gasteiger partial charge in [0.15, 0.2) is 0 Å². The number of nitrogens with one attached hydrogen (secondary N) is 3. The number of rotatable bonds is 17. The molecule has 5 N–H and O–H groups in total. The van der Waals surface area contributed by atoms with Crippen LogP contribution in [0, 0.1) is 84.0 Å². The number of hydrogen-bond acceptors (Lipinski definition) is 17. The number of hydrogen-bond donors (Lipinski definition) is 4. The van der Waals surface area contributed by atoms with Gasteiger partial charge in [-0.1, -0.05) is 116 Å². The molecular formula is C90H130N22O. The Hall–Kier alpha value is -9.28. The summed E-state index contributed by atoms with van der Waals surface area (Å²) in [4.78, 5) is 53.5. The van der Waals surface area contributed by atoms with Gasteiger partial charge in [-0.25, -0.2) is 24.9 Å². The van der Waals surface area contributed by atoms with Crippen LogP contribution in [0.2, 0.25) is 0 Å². The Morgan fingerprint density at radius 3 is 0.823 bits per heavy atom. The number of nitrogen functional groups attached to an aromatic ring is 1. The van der Waals surface area contributed by atoms with Gasteiger partial charge in [0.1, 0.15) is 38.9 Å². The predicted octanol–water partition coefficient (Wildman–Crippen LogP) is 20.3. The molecule has 6 fully saturated rings. The van der Waals surface area contributed by atoms with Crippen molar-refractivity contribution < 1.29 is 4.74 Å². The second-order valence-corrected chi connectivity index (χ2v) is 33.6. The number of ether oxygens (including phenoxy) is 1. The van der Waals surface area contributed by atoms with E-state index in [2.05, 4.69) is 146 Å². The van der Waals surface area contributed by atoms with Crippen molar-refractivity contribution in [3.05, 3.63) is 114 Å². The van der Waals surface area contributed by atoms with Crippen molar-refractivity contribution in [3.8, 4) is 6.01 Å². The van der Waals surface area contributed by atoms with E-state index in [9.17, 15) is 0 Å². The summed E-state index contributed by atoms with van der Waals surface area (Å²) in [5, 5.41) is 9.65. The third-order valence-electron chi connectivity index (χ3n) is 24.8. The van der Waals surface area contributed by atoms with Crippen molar-refractivity contribution in [1.82, 2.24) is 87.2 Å². The number of pyridine rings is 6. The first-order valence-electron chi connectivity index (χ1n) is 43.4. The van der Waals surface area contributed by atoms with Gasteiger partial charge in [-0.05, 0) is 204 Å². The molecule has 0 aromatic carbocycles. The SMILES string of the molecule is CCOc1nc2cnc(C)cc2n1CC1CCCCC1.CNc1nc2cnc(C)cc2n1CC1CCCCC1.CNc1nc2cnc(C)cc2n1CC1CCCCC1.CNc1nc2cnc(C)cc2n1CC1CCCCC1.Cc1cc2c(cn1)nc(C)n2CC1CCCCC1.Cc1cc2c(cn1)nc(N)n2CC1CCCCC1. The number of imidazole rings is 6. The zero-order valence-electron chi connectivity index (χ0n) is 70.1. The molecule has 6 saturated carbocycles. The Labute approximate surface area is 670 Å². The average Bonchev–Trinajstić information content (AvgIpc) is 1.62. The van der Waals surface area contributed by atoms with Crippen LogP contribution in [0.3, 0.4) is 0 Å². The molecule has 0 atom stereocenters. The largest absolute Gasteiger partial charge is 0.465 e. The number of aryl methyl sites for hydroxylation is 7. The molecule has 12 heterocycles. The Kier molecular flexibility index (Phi) is 28.7. The first-order chi connectivity index (χ1) is 55.1. The van der Waals surface area contributed by atoms with E-state index in [1.165, 1.54) is 215 Å². The molecule has 0 spiro atoms. The monoisotopic (exact) mass is 1540 g/mol. The summed E-state index contributed by atoms with van der Waals surface area (Å²) in [5.41, 5.74) is 25.4. The van der Waals surface area contributed by atoms with Crippen molar-refractivity contribution in [2.75, 3.05) is 49.4 Å². The molecule has 23 nitrogen and oxygen atoms in total. The predicted molar refractivity (Wildman–Crippen MR) is 462 cm³/mol. The summed E-state index contributed by atoms with van der Waals surface area (Å²) in [7, 11) is 5.83. The van der Waals surface area contributed by atoms with Gasteiger partial charge in [-0.2, -0.15) is 4.98 Å². The fourth-order valence-electron chi connectivity index (χ4n) is 18.6. The van der Waals surface area contributed by atoms with Crippen LogP contribution in [-0.2, 0) is 39.3 Å². The molecule has 6 aliphatic carbocycles. The summed E-state index contributed by atoms with van der Waals surface area (Å²) in [6.45, 7) is 23.4. The van der Waals surface area contributed by atoms with E-state index < -0.39 is 0 Å². The lowest BCUT2D eigenvalue weighted by Gasteiger charge is -2.23. The van der Waals surface area contributed by atoms with Gasteiger partial charge in [0.25, 0.3) is 6.01 Å². The van der Waals surface area contributed by atoms with Crippen molar-refractivity contribution in [1.29, 1.82) is 0 Å². The normalized spacial score (nSPS) is 17.1. The average molecular weight is 1540 g/mol. The Morgan fingerprint density at radius 2 is 0.531 bits per heavy atom. The van der Waals surface area contributed by atoms with Crippen LogP contribution in [0.4, 0.5) is 23.8 Å². The lowest BCUT2D eigenvalue weighted by Crippen LogP contribution is -2.15. The standard InChI is InChI=1S/C16H23N3O.3C15H22N4.C15H21N3.C14H20N4/c1-3-20-16-18-14-10-17-12(2)9-15(14)19(16)11-13-7-5-4-6-8-13;3*1-11-8-14-13(9-17-11)18-15(16-2)19(14)10-12-6-4-3-5-7-12;1-11-8-15-14(9-16-11)17-12(2)18(15)10-13-6-4-3-5-7-13;1-10-7-13-12(8-16-10)17-14(15)18(13)9-11-5-3-2-4-6-11/h9-10,13H,3-8,11H2,1-2H3;3*8-9,12H,3-7,10H2,1-2H3,(H,16,18);8-9,13H,3-7,10H2,1-2H3;7-8,11H,2-6,9H2,1H3,(H2,15,17). The second kappa shape index (κ2) is 39.7. The summed E-state index contributed by atoms with van der Waals surface area (Å²) >= 11 is 0. The highest BCUT2D eigenvalue weighted by Gasteiger charge is 2.25. The number of fused-ring (bicyclic) bond motifs is 6. The first-order valence-corrected chi connectivity index (χ1v) is 43.4. The summed E-state index contributed by atoms with van der Waals surface area (Å²) in [6, 6.07) is 13.6. The van der Waals surface area contributed by atoms with E-state index in [-0.39, 0.29) is 0 Å². The topological polar surface area (TPSA) is 256 Å². The minimum atomic E-state index is 0.628. The van der Waals surface area contributed by atoms with Crippen LogP contribution < -0.4 is 26.4 Å². The van der Waals surface area contributed by atoms with Gasteiger partial charge >= 0.3 is 0 Å². The molecule has 113 heavy (non-hydrogen) atoms. The maximum absolute atomic E-state index is 6.04. The molecule has 0 aliphatic heterocycles. The Morgan fingerprint density at radius 1 is 0.301 bits per heavy atom. The molecule has 12 aromatic rings. The quantitative estimate of drug-likeness (QED) is 0.0661. The summed E-state index contributed by atoms with van der Waals surface area (Å²) in [5.74, 6) is 9.40. The number of nitrogens with zero attached hydrogens (tertiary/aromatic N) is 18. The lowest BCUT2D eigenvalue weighted by atomic mass is 9.89. The lowest BCUT2D eigenvalue weighted by molar-refractivity contribution is 0.269. The summed E-state index contributed by atoms with van der Waals surface area (Å²) < 4.78 is 19.5.